The lowest BCUT2D eigenvalue weighted by molar-refractivity contribution is 0.150. The Morgan fingerprint density at radius 1 is 1.36 bits per heavy atom. The van der Waals surface area contributed by atoms with Crippen LogP contribution in [0.3, 0.4) is 0 Å². The Morgan fingerprint density at radius 2 is 2.09 bits per heavy atom. The summed E-state index contributed by atoms with van der Waals surface area (Å²) in [5.74, 6) is 0. The third-order valence-corrected chi connectivity index (χ3v) is 2.16. The maximum absolute atomic E-state index is 9.97. The number of rotatable bonds is 2. The van der Waals surface area contributed by atoms with Crippen molar-refractivity contribution in [3.05, 3.63) is 0 Å². The molecule has 1 amide bonds. The van der Waals surface area contributed by atoms with Crippen molar-refractivity contribution in [2.45, 2.75) is 44.2 Å². The highest BCUT2D eigenvalue weighted by Gasteiger charge is 2.17. The van der Waals surface area contributed by atoms with Gasteiger partial charge in [-0.15, -0.1) is 0 Å². The molecule has 2 N–H and O–H groups in total. The van der Waals surface area contributed by atoms with Crippen LogP contribution in [0.2, 0.25) is 0 Å². The number of carbonyl (C=O) groups excluding carboxylic acids is 1. The molecule has 0 aromatic heterocycles. The van der Waals surface area contributed by atoms with Crippen LogP contribution < -0.4 is 5.32 Å². The van der Waals surface area contributed by atoms with E-state index in [-0.39, 0.29) is 12.1 Å². The SMILES string of the molecule is O=[C]NC1CCCCC(O)C1. The second-order valence-electron chi connectivity index (χ2n) is 3.12. The number of aliphatic hydroxyl groups is 1. The number of hydrogen-bond acceptors (Lipinski definition) is 2. The Hall–Kier alpha value is -0.570. The van der Waals surface area contributed by atoms with Gasteiger partial charge in [-0.1, -0.05) is 12.8 Å². The molecule has 0 aliphatic heterocycles. The second-order valence-corrected chi connectivity index (χ2v) is 3.12. The van der Waals surface area contributed by atoms with Crippen LogP contribution in [0.5, 0.6) is 0 Å². The molecule has 1 radical (unpaired) electrons. The van der Waals surface area contributed by atoms with E-state index in [0.717, 1.165) is 25.7 Å². The molecule has 2 atom stereocenters. The molecular weight excluding hydrogens is 142 g/mol. The highest BCUT2D eigenvalue weighted by atomic mass is 16.3. The summed E-state index contributed by atoms with van der Waals surface area (Å²) in [4.78, 5) is 9.97. The van der Waals surface area contributed by atoms with E-state index in [1.54, 1.807) is 6.41 Å². The van der Waals surface area contributed by atoms with Crippen molar-refractivity contribution < 1.29 is 9.90 Å². The predicted molar refractivity (Wildman–Crippen MR) is 41.7 cm³/mol. The summed E-state index contributed by atoms with van der Waals surface area (Å²) in [7, 11) is 0. The first kappa shape index (κ1) is 8.53. The minimum atomic E-state index is -0.233. The van der Waals surface area contributed by atoms with Gasteiger partial charge in [0.05, 0.1) is 6.10 Å². The second kappa shape index (κ2) is 4.34. The fourth-order valence-electron chi connectivity index (χ4n) is 1.55. The van der Waals surface area contributed by atoms with Gasteiger partial charge in [0, 0.05) is 6.04 Å². The standard InChI is InChI=1S/C8H14NO2/c10-6-9-7-3-1-2-4-8(11)5-7/h7-8,11H,1-5H2,(H,9,10). The number of hydrogen-bond donors (Lipinski definition) is 2. The monoisotopic (exact) mass is 156 g/mol. The minimum absolute atomic E-state index is 0.144. The van der Waals surface area contributed by atoms with Gasteiger partial charge in [0.2, 0.25) is 0 Å². The summed E-state index contributed by atoms with van der Waals surface area (Å²) in [6, 6.07) is 0.144. The van der Waals surface area contributed by atoms with Gasteiger partial charge in [-0.25, -0.2) is 0 Å². The third-order valence-electron chi connectivity index (χ3n) is 2.16. The van der Waals surface area contributed by atoms with E-state index < -0.39 is 0 Å². The Bertz CT molecular complexity index is 127. The molecule has 0 spiro atoms. The number of amides is 1. The Labute approximate surface area is 66.8 Å². The molecule has 63 valence electrons. The molecule has 1 fully saturated rings. The van der Waals surface area contributed by atoms with Crippen LogP contribution in [0, 0.1) is 0 Å². The van der Waals surface area contributed by atoms with Gasteiger partial charge in [-0.05, 0) is 19.3 Å². The van der Waals surface area contributed by atoms with Crippen LogP contribution in [0.1, 0.15) is 32.1 Å². The fourth-order valence-corrected chi connectivity index (χ4v) is 1.55. The first-order chi connectivity index (χ1) is 5.33. The van der Waals surface area contributed by atoms with Crippen LogP contribution in [-0.2, 0) is 4.79 Å². The Morgan fingerprint density at radius 3 is 2.82 bits per heavy atom. The molecular formula is C8H14NO2. The summed E-state index contributed by atoms with van der Waals surface area (Å²) in [5.41, 5.74) is 0. The molecule has 2 unspecified atom stereocenters. The zero-order chi connectivity index (χ0) is 8.10. The van der Waals surface area contributed by atoms with Crippen LogP contribution in [-0.4, -0.2) is 23.7 Å². The van der Waals surface area contributed by atoms with Gasteiger partial charge in [-0.3, -0.25) is 4.79 Å². The average molecular weight is 156 g/mol. The Balaban J connectivity index is 2.32. The molecule has 0 saturated heterocycles. The lowest BCUT2D eigenvalue weighted by Crippen LogP contribution is -2.30. The molecule has 0 aromatic rings. The van der Waals surface area contributed by atoms with Crippen LogP contribution >= 0.6 is 0 Å². The van der Waals surface area contributed by atoms with E-state index in [4.69, 9.17) is 0 Å². The van der Waals surface area contributed by atoms with Crippen molar-refractivity contribution in [3.8, 4) is 0 Å². The van der Waals surface area contributed by atoms with Crippen LogP contribution in [0.25, 0.3) is 0 Å². The predicted octanol–water partition coefficient (Wildman–Crippen LogP) is 0.337. The molecule has 3 nitrogen and oxygen atoms in total. The van der Waals surface area contributed by atoms with E-state index in [1.807, 2.05) is 0 Å². The molecule has 1 saturated carbocycles. The topological polar surface area (TPSA) is 49.3 Å². The summed E-state index contributed by atoms with van der Waals surface area (Å²) >= 11 is 0. The maximum Gasteiger partial charge on any atom is 0.309 e. The van der Waals surface area contributed by atoms with E-state index in [9.17, 15) is 9.90 Å². The smallest absolute Gasteiger partial charge is 0.309 e. The largest absolute Gasteiger partial charge is 0.393 e. The van der Waals surface area contributed by atoms with E-state index in [1.165, 1.54) is 0 Å². The molecule has 11 heavy (non-hydrogen) atoms. The minimum Gasteiger partial charge on any atom is -0.393 e. The van der Waals surface area contributed by atoms with E-state index in [2.05, 4.69) is 5.32 Å². The van der Waals surface area contributed by atoms with Gasteiger partial charge in [0.15, 0.2) is 0 Å². The number of nitrogens with one attached hydrogen (secondary N) is 1. The molecule has 0 heterocycles. The number of aliphatic hydroxyl groups excluding tert-OH is 1. The fraction of sp³-hybridized carbons (Fsp3) is 0.875. The molecule has 3 heteroatoms. The first-order valence-electron chi connectivity index (χ1n) is 4.13. The molecule has 1 aliphatic rings. The maximum atomic E-state index is 9.97. The summed E-state index contributed by atoms with van der Waals surface area (Å²) in [6.45, 7) is 0. The third kappa shape index (κ3) is 2.89. The Kier molecular flexibility index (Phi) is 3.36. The quantitative estimate of drug-likeness (QED) is 0.447. The van der Waals surface area contributed by atoms with Gasteiger partial charge in [0.25, 0.3) is 0 Å². The highest BCUT2D eigenvalue weighted by molar-refractivity contribution is 5.47. The summed E-state index contributed by atoms with van der Waals surface area (Å²) in [6.07, 6.45) is 6.14. The van der Waals surface area contributed by atoms with Crippen LogP contribution in [0.15, 0.2) is 0 Å². The summed E-state index contributed by atoms with van der Waals surface area (Å²) in [5, 5.41) is 11.9. The van der Waals surface area contributed by atoms with Gasteiger partial charge in [-0.2, -0.15) is 0 Å². The molecule has 1 rings (SSSR count). The van der Waals surface area contributed by atoms with Crippen molar-refractivity contribution in [3.63, 3.8) is 0 Å². The van der Waals surface area contributed by atoms with E-state index >= 15 is 0 Å². The lowest BCUT2D eigenvalue weighted by atomic mass is 10.1. The van der Waals surface area contributed by atoms with Crippen LogP contribution in [0.4, 0.5) is 0 Å². The molecule has 0 bridgehead atoms. The lowest BCUT2D eigenvalue weighted by Gasteiger charge is -2.13. The summed E-state index contributed by atoms with van der Waals surface area (Å²) < 4.78 is 0. The van der Waals surface area contributed by atoms with Crippen molar-refractivity contribution in [2.24, 2.45) is 0 Å². The normalized spacial score (nSPS) is 32.5. The van der Waals surface area contributed by atoms with Gasteiger partial charge >= 0.3 is 6.41 Å². The van der Waals surface area contributed by atoms with Crippen molar-refractivity contribution in [1.29, 1.82) is 0 Å². The zero-order valence-corrected chi connectivity index (χ0v) is 6.55. The molecule has 0 aromatic carbocycles. The van der Waals surface area contributed by atoms with Crippen molar-refractivity contribution in [2.75, 3.05) is 0 Å². The van der Waals surface area contributed by atoms with Crippen molar-refractivity contribution in [1.82, 2.24) is 5.32 Å². The van der Waals surface area contributed by atoms with Gasteiger partial charge in [0.1, 0.15) is 0 Å². The van der Waals surface area contributed by atoms with Crippen molar-refractivity contribution >= 4 is 6.41 Å². The first-order valence-corrected chi connectivity index (χ1v) is 4.13. The molecule has 1 aliphatic carbocycles. The average Bonchev–Trinajstić information content (AvgIpc) is 2.15. The highest BCUT2D eigenvalue weighted by Crippen LogP contribution is 2.17. The van der Waals surface area contributed by atoms with E-state index in [0.29, 0.717) is 6.42 Å². The zero-order valence-electron chi connectivity index (χ0n) is 6.55. The van der Waals surface area contributed by atoms with Gasteiger partial charge < -0.3 is 10.4 Å².